The van der Waals surface area contributed by atoms with Gasteiger partial charge in [0.15, 0.2) is 5.60 Å². The number of aliphatic hydroxyl groups is 1. The molecule has 2 aromatic heterocycles. The molecule has 142 valence electrons. The van der Waals surface area contributed by atoms with Gasteiger partial charge in [0, 0.05) is 49.3 Å². The van der Waals surface area contributed by atoms with E-state index in [1.165, 1.54) is 0 Å². The minimum atomic E-state index is -4.58. The largest absolute Gasteiger partial charge is 0.418 e. The molecule has 0 radical (unpaired) electrons. The molecule has 0 amide bonds. The molecular weight excluding hydrogens is 355 g/mol. The summed E-state index contributed by atoms with van der Waals surface area (Å²) in [6.45, 7) is 0.381. The Kier molecular flexibility index (Phi) is 4.44. The van der Waals surface area contributed by atoms with Gasteiger partial charge in [-0.2, -0.15) is 13.2 Å². The highest BCUT2D eigenvalue weighted by Crippen LogP contribution is 2.37. The third-order valence-corrected chi connectivity index (χ3v) is 5.32. The third kappa shape index (κ3) is 3.33. The SMILES string of the molecule is OC1(C(F)(F)F)CCN(CCc2cccc3c2ccn3-c2ccncc2)C1. The van der Waals surface area contributed by atoms with Crippen molar-refractivity contribution in [3.63, 3.8) is 0 Å². The predicted octanol–water partition coefficient (Wildman–Crippen LogP) is 3.57. The van der Waals surface area contributed by atoms with Gasteiger partial charge in [-0.15, -0.1) is 0 Å². The van der Waals surface area contributed by atoms with Crippen LogP contribution in [0.5, 0.6) is 0 Å². The standard InChI is InChI=1S/C20H20F3N3O/c21-20(22,23)19(27)8-13-25(14-19)11-6-15-2-1-3-18-17(15)7-12-26(18)16-4-9-24-10-5-16/h1-5,7,9-10,12,27H,6,8,11,13-14H2. The van der Waals surface area contributed by atoms with E-state index in [9.17, 15) is 18.3 Å². The number of fused-ring (bicyclic) bond motifs is 1. The van der Waals surface area contributed by atoms with E-state index < -0.39 is 11.8 Å². The van der Waals surface area contributed by atoms with Crippen molar-refractivity contribution < 1.29 is 18.3 Å². The summed E-state index contributed by atoms with van der Waals surface area (Å²) in [6.07, 6.45) is 1.25. The molecular formula is C20H20F3N3O. The van der Waals surface area contributed by atoms with Crippen LogP contribution in [0.4, 0.5) is 13.2 Å². The Morgan fingerprint density at radius 2 is 1.89 bits per heavy atom. The van der Waals surface area contributed by atoms with Gasteiger partial charge < -0.3 is 9.67 Å². The minimum Gasteiger partial charge on any atom is -0.379 e. The number of benzene rings is 1. The molecule has 4 nitrogen and oxygen atoms in total. The number of hydrogen-bond acceptors (Lipinski definition) is 3. The molecule has 1 saturated heterocycles. The molecule has 1 unspecified atom stereocenters. The molecule has 1 atom stereocenters. The molecule has 0 aliphatic carbocycles. The number of alkyl halides is 3. The first-order chi connectivity index (χ1) is 12.9. The van der Waals surface area contributed by atoms with Gasteiger partial charge in [-0.3, -0.25) is 9.88 Å². The second kappa shape index (κ2) is 6.65. The lowest BCUT2D eigenvalue weighted by Crippen LogP contribution is -2.47. The zero-order valence-electron chi connectivity index (χ0n) is 14.7. The molecule has 1 aliphatic heterocycles. The maximum Gasteiger partial charge on any atom is 0.418 e. The van der Waals surface area contributed by atoms with Crippen LogP contribution in [-0.4, -0.2) is 51.0 Å². The van der Waals surface area contributed by atoms with Gasteiger partial charge in [0.2, 0.25) is 0 Å². The smallest absolute Gasteiger partial charge is 0.379 e. The number of rotatable bonds is 4. The molecule has 1 N–H and O–H groups in total. The van der Waals surface area contributed by atoms with Crippen LogP contribution >= 0.6 is 0 Å². The van der Waals surface area contributed by atoms with E-state index in [4.69, 9.17) is 0 Å². The number of pyridine rings is 1. The number of β-amino-alcohol motifs (C(OH)–C–C–N with tert-alkyl or cyclic N) is 1. The van der Waals surface area contributed by atoms with Gasteiger partial charge in [-0.05, 0) is 42.7 Å². The maximum atomic E-state index is 13.0. The van der Waals surface area contributed by atoms with Gasteiger partial charge in [-0.25, -0.2) is 0 Å². The number of hydrogen-bond donors (Lipinski definition) is 1. The summed E-state index contributed by atoms with van der Waals surface area (Å²) in [6, 6.07) is 11.9. The Hall–Kier alpha value is -2.38. The summed E-state index contributed by atoms with van der Waals surface area (Å²) in [7, 11) is 0. The molecule has 0 bridgehead atoms. The van der Waals surface area contributed by atoms with Crippen LogP contribution < -0.4 is 0 Å². The average molecular weight is 375 g/mol. The molecule has 1 aliphatic rings. The molecule has 7 heteroatoms. The molecule has 1 aromatic carbocycles. The first kappa shape index (κ1) is 18.0. The Morgan fingerprint density at radius 3 is 2.59 bits per heavy atom. The number of aromatic nitrogens is 2. The van der Waals surface area contributed by atoms with E-state index in [0.717, 1.165) is 22.2 Å². The van der Waals surface area contributed by atoms with Gasteiger partial charge in [0.25, 0.3) is 0 Å². The van der Waals surface area contributed by atoms with E-state index in [1.807, 2.05) is 42.6 Å². The van der Waals surface area contributed by atoms with Gasteiger partial charge >= 0.3 is 6.18 Å². The molecule has 4 rings (SSSR count). The van der Waals surface area contributed by atoms with Crippen LogP contribution in [-0.2, 0) is 6.42 Å². The van der Waals surface area contributed by atoms with Crippen molar-refractivity contribution in [1.82, 2.24) is 14.5 Å². The van der Waals surface area contributed by atoms with E-state index in [2.05, 4.69) is 9.55 Å². The Bertz CT molecular complexity index is 939. The summed E-state index contributed by atoms with van der Waals surface area (Å²) in [5.41, 5.74) is 0.561. The molecule has 27 heavy (non-hydrogen) atoms. The zero-order chi connectivity index (χ0) is 19.1. The van der Waals surface area contributed by atoms with Crippen molar-refractivity contribution >= 4 is 10.9 Å². The van der Waals surface area contributed by atoms with E-state index in [0.29, 0.717) is 13.0 Å². The van der Waals surface area contributed by atoms with Crippen LogP contribution in [0.15, 0.2) is 55.0 Å². The third-order valence-electron chi connectivity index (χ3n) is 5.32. The lowest BCUT2D eigenvalue weighted by Gasteiger charge is -2.26. The summed E-state index contributed by atoms with van der Waals surface area (Å²) < 4.78 is 41.0. The molecule has 3 aromatic rings. The molecule has 0 saturated carbocycles. The van der Waals surface area contributed by atoms with Gasteiger partial charge in [-0.1, -0.05) is 12.1 Å². The highest BCUT2D eigenvalue weighted by Gasteiger charge is 2.56. The topological polar surface area (TPSA) is 41.3 Å². The first-order valence-corrected chi connectivity index (χ1v) is 8.88. The van der Waals surface area contributed by atoms with Crippen LogP contribution in [0, 0.1) is 0 Å². The maximum absolute atomic E-state index is 13.0. The number of halogens is 3. The first-order valence-electron chi connectivity index (χ1n) is 8.88. The van der Waals surface area contributed by atoms with E-state index in [-0.39, 0.29) is 19.5 Å². The number of likely N-dealkylation sites (tertiary alicyclic amines) is 1. The number of nitrogens with zero attached hydrogens (tertiary/aromatic N) is 3. The molecule has 3 heterocycles. The second-order valence-electron chi connectivity index (χ2n) is 7.05. The van der Waals surface area contributed by atoms with Crippen molar-refractivity contribution in [3.8, 4) is 5.69 Å². The fourth-order valence-corrected chi connectivity index (χ4v) is 3.75. The van der Waals surface area contributed by atoms with Crippen LogP contribution in [0.3, 0.4) is 0 Å². The van der Waals surface area contributed by atoms with Crippen LogP contribution in [0.1, 0.15) is 12.0 Å². The van der Waals surface area contributed by atoms with Gasteiger partial charge in [0.1, 0.15) is 0 Å². The summed E-state index contributed by atoms with van der Waals surface area (Å²) in [5, 5.41) is 10.9. The minimum absolute atomic E-state index is 0.254. The molecule has 1 fully saturated rings. The monoisotopic (exact) mass is 375 g/mol. The lowest BCUT2D eigenvalue weighted by atomic mass is 10.0. The average Bonchev–Trinajstić information content (AvgIpc) is 3.25. The van der Waals surface area contributed by atoms with Crippen molar-refractivity contribution in [1.29, 1.82) is 0 Å². The van der Waals surface area contributed by atoms with Crippen molar-refractivity contribution in [2.45, 2.75) is 24.6 Å². The van der Waals surface area contributed by atoms with Crippen molar-refractivity contribution in [2.75, 3.05) is 19.6 Å². The predicted molar refractivity (Wildman–Crippen MR) is 96.8 cm³/mol. The Balaban J connectivity index is 1.52. The Labute approximate surface area is 154 Å². The van der Waals surface area contributed by atoms with E-state index in [1.54, 1.807) is 17.3 Å². The van der Waals surface area contributed by atoms with Crippen molar-refractivity contribution in [2.24, 2.45) is 0 Å². The fourth-order valence-electron chi connectivity index (χ4n) is 3.75. The normalized spacial score (nSPS) is 21.2. The second-order valence-corrected chi connectivity index (χ2v) is 7.05. The lowest BCUT2D eigenvalue weighted by molar-refractivity contribution is -0.253. The fraction of sp³-hybridized carbons (Fsp3) is 0.350. The summed E-state index contributed by atoms with van der Waals surface area (Å²) in [5.74, 6) is 0. The summed E-state index contributed by atoms with van der Waals surface area (Å²) >= 11 is 0. The van der Waals surface area contributed by atoms with Crippen molar-refractivity contribution in [3.05, 3.63) is 60.6 Å². The summed E-state index contributed by atoms with van der Waals surface area (Å²) in [4.78, 5) is 5.72. The van der Waals surface area contributed by atoms with Crippen LogP contribution in [0.25, 0.3) is 16.6 Å². The van der Waals surface area contributed by atoms with Crippen LogP contribution in [0.2, 0.25) is 0 Å². The van der Waals surface area contributed by atoms with E-state index >= 15 is 0 Å². The Morgan fingerprint density at radius 1 is 1.11 bits per heavy atom. The molecule has 0 spiro atoms. The highest BCUT2D eigenvalue weighted by molar-refractivity contribution is 5.85. The van der Waals surface area contributed by atoms with Gasteiger partial charge in [0.05, 0.1) is 5.52 Å². The zero-order valence-corrected chi connectivity index (χ0v) is 14.7. The quantitative estimate of drug-likeness (QED) is 0.758. The highest BCUT2D eigenvalue weighted by atomic mass is 19.4.